The number of rotatable bonds is 8. The Balaban J connectivity index is 0.000000383. The van der Waals surface area contributed by atoms with E-state index in [2.05, 4.69) is 45.8 Å². The minimum atomic E-state index is -5.08. The zero-order chi connectivity index (χ0) is 27.7. The van der Waals surface area contributed by atoms with Crippen molar-refractivity contribution < 1.29 is 50.9 Å². The van der Waals surface area contributed by atoms with Crippen molar-refractivity contribution in [3.05, 3.63) is 11.4 Å². The van der Waals surface area contributed by atoms with E-state index in [1.807, 2.05) is 0 Å². The van der Waals surface area contributed by atoms with E-state index in [1.165, 1.54) is 25.1 Å². The summed E-state index contributed by atoms with van der Waals surface area (Å²) in [5.74, 6) is -4.20. The molecule has 208 valence electrons. The lowest BCUT2D eigenvalue weighted by molar-refractivity contribution is -0.193. The van der Waals surface area contributed by atoms with Crippen molar-refractivity contribution in [2.75, 3.05) is 46.9 Å². The Morgan fingerprint density at radius 1 is 1.08 bits per heavy atom. The molecule has 0 bridgehead atoms. The molecule has 1 aliphatic heterocycles. The lowest BCUT2D eigenvalue weighted by Gasteiger charge is -2.32. The van der Waals surface area contributed by atoms with Gasteiger partial charge in [-0.15, -0.1) is 5.10 Å². The van der Waals surface area contributed by atoms with E-state index in [0.717, 1.165) is 51.0 Å². The van der Waals surface area contributed by atoms with Crippen molar-refractivity contribution >= 4 is 11.9 Å². The van der Waals surface area contributed by atoms with E-state index < -0.39 is 24.3 Å². The molecular formula is C20H31F6N5O5. The van der Waals surface area contributed by atoms with E-state index in [9.17, 15) is 26.3 Å². The fourth-order valence-corrected chi connectivity index (χ4v) is 3.23. The SMILES string of the molecule is CCn1nnc2c1C(COCCN(C)C)CN(CC1CC1)C2.O=C(O)C(F)(F)F.O=C(O)C(F)(F)F. The normalized spacial score (nSPS) is 18.0. The number of likely N-dealkylation sites (N-methyl/N-ethyl adjacent to an activating group) is 1. The van der Waals surface area contributed by atoms with E-state index >= 15 is 0 Å². The number of carboxylic acids is 2. The first-order chi connectivity index (χ1) is 16.6. The zero-order valence-corrected chi connectivity index (χ0v) is 20.1. The van der Waals surface area contributed by atoms with Crippen LogP contribution in [0.1, 0.15) is 37.1 Å². The Hall–Kier alpha value is -2.46. The molecule has 2 aliphatic rings. The van der Waals surface area contributed by atoms with Gasteiger partial charge in [-0.3, -0.25) is 4.90 Å². The number of aryl methyl sites for hydroxylation is 1. The summed E-state index contributed by atoms with van der Waals surface area (Å²) in [6.07, 6.45) is -7.37. The summed E-state index contributed by atoms with van der Waals surface area (Å²) < 4.78 is 71.5. The Kier molecular flexibility index (Phi) is 12.0. The molecule has 16 heteroatoms. The monoisotopic (exact) mass is 535 g/mol. The minimum Gasteiger partial charge on any atom is -0.475 e. The third-order valence-corrected chi connectivity index (χ3v) is 5.09. The first-order valence-electron chi connectivity index (χ1n) is 11.0. The van der Waals surface area contributed by atoms with Crippen LogP contribution in [-0.2, 0) is 27.4 Å². The number of alkyl halides is 6. The number of aliphatic carboxylic acids is 2. The molecule has 0 saturated heterocycles. The van der Waals surface area contributed by atoms with Gasteiger partial charge in [-0.05, 0) is 39.8 Å². The van der Waals surface area contributed by atoms with Gasteiger partial charge in [0.25, 0.3) is 0 Å². The summed E-state index contributed by atoms with van der Waals surface area (Å²) >= 11 is 0. The fraction of sp³-hybridized carbons (Fsp3) is 0.800. The van der Waals surface area contributed by atoms with Gasteiger partial charge < -0.3 is 19.8 Å². The molecule has 0 aromatic carbocycles. The van der Waals surface area contributed by atoms with Gasteiger partial charge >= 0.3 is 24.3 Å². The Morgan fingerprint density at radius 3 is 2.03 bits per heavy atom. The molecule has 1 saturated carbocycles. The predicted octanol–water partition coefficient (Wildman–Crippen LogP) is 2.45. The molecule has 1 unspecified atom stereocenters. The third-order valence-electron chi connectivity index (χ3n) is 5.09. The average molecular weight is 535 g/mol. The zero-order valence-electron chi connectivity index (χ0n) is 20.1. The summed E-state index contributed by atoms with van der Waals surface area (Å²) in [6.45, 7) is 8.81. The smallest absolute Gasteiger partial charge is 0.475 e. The van der Waals surface area contributed by atoms with Crippen molar-refractivity contribution in [3.8, 4) is 0 Å². The summed E-state index contributed by atoms with van der Waals surface area (Å²) in [7, 11) is 4.16. The van der Waals surface area contributed by atoms with Gasteiger partial charge in [0.1, 0.15) is 5.69 Å². The maximum Gasteiger partial charge on any atom is 0.490 e. The standard InChI is InChI=1S/C16H29N5O.2C2HF3O2/c1-4-21-16-14(12-22-8-7-19(2)3)10-20(9-13-5-6-13)11-15(16)17-18-21;2*3-2(4,5)1(6)7/h13-14H,4-12H2,1-3H3;2*(H,6,7). The number of aromatic nitrogens is 3. The van der Waals surface area contributed by atoms with Crippen LogP contribution in [0, 0.1) is 5.92 Å². The Labute approximate surface area is 203 Å². The Morgan fingerprint density at radius 2 is 1.61 bits per heavy atom. The molecule has 2 heterocycles. The van der Waals surface area contributed by atoms with Gasteiger partial charge in [-0.1, -0.05) is 5.21 Å². The van der Waals surface area contributed by atoms with E-state index in [1.54, 1.807) is 0 Å². The van der Waals surface area contributed by atoms with Gasteiger partial charge in [-0.2, -0.15) is 26.3 Å². The molecule has 1 atom stereocenters. The molecule has 1 aliphatic carbocycles. The topological polar surface area (TPSA) is 121 Å². The largest absolute Gasteiger partial charge is 0.490 e. The van der Waals surface area contributed by atoms with Gasteiger partial charge in [-0.25, -0.2) is 14.3 Å². The first-order valence-corrected chi connectivity index (χ1v) is 11.0. The van der Waals surface area contributed by atoms with Gasteiger partial charge in [0.2, 0.25) is 0 Å². The lowest BCUT2D eigenvalue weighted by atomic mass is 9.98. The molecule has 0 spiro atoms. The van der Waals surface area contributed by atoms with Crippen LogP contribution < -0.4 is 0 Å². The van der Waals surface area contributed by atoms with Crippen molar-refractivity contribution in [2.45, 2.75) is 51.1 Å². The van der Waals surface area contributed by atoms with Crippen molar-refractivity contribution in [1.29, 1.82) is 0 Å². The second-order valence-electron chi connectivity index (χ2n) is 8.56. The van der Waals surface area contributed by atoms with Gasteiger partial charge in [0.15, 0.2) is 0 Å². The van der Waals surface area contributed by atoms with Gasteiger partial charge in [0, 0.05) is 38.6 Å². The van der Waals surface area contributed by atoms with Gasteiger partial charge in [0.05, 0.1) is 18.9 Å². The third kappa shape index (κ3) is 11.5. The van der Waals surface area contributed by atoms with Crippen LogP contribution in [0.3, 0.4) is 0 Å². The van der Waals surface area contributed by atoms with E-state index in [4.69, 9.17) is 24.5 Å². The number of carboxylic acid groups (broad SMARTS) is 2. The first kappa shape index (κ1) is 31.6. The fourth-order valence-electron chi connectivity index (χ4n) is 3.23. The molecular weight excluding hydrogens is 504 g/mol. The molecule has 36 heavy (non-hydrogen) atoms. The second-order valence-corrected chi connectivity index (χ2v) is 8.56. The summed E-state index contributed by atoms with van der Waals surface area (Å²) in [5.41, 5.74) is 2.47. The molecule has 10 nitrogen and oxygen atoms in total. The van der Waals surface area contributed by atoms with Crippen LogP contribution in [0.25, 0.3) is 0 Å². The van der Waals surface area contributed by atoms with E-state index in [-0.39, 0.29) is 0 Å². The summed E-state index contributed by atoms with van der Waals surface area (Å²) in [6, 6.07) is 0. The average Bonchev–Trinajstić information content (AvgIpc) is 3.46. The van der Waals surface area contributed by atoms with Crippen LogP contribution >= 0.6 is 0 Å². The number of nitrogens with zero attached hydrogens (tertiary/aromatic N) is 5. The molecule has 1 fully saturated rings. The second kappa shape index (κ2) is 13.7. The Bertz CT molecular complexity index is 818. The maximum absolute atomic E-state index is 10.6. The highest BCUT2D eigenvalue weighted by Crippen LogP contribution is 2.33. The number of fused-ring (bicyclic) bond motifs is 1. The van der Waals surface area contributed by atoms with Crippen LogP contribution in [0.5, 0.6) is 0 Å². The highest BCUT2D eigenvalue weighted by atomic mass is 19.4. The van der Waals surface area contributed by atoms with Crippen LogP contribution in [0.4, 0.5) is 26.3 Å². The quantitative estimate of drug-likeness (QED) is 0.382. The maximum atomic E-state index is 10.6. The highest BCUT2D eigenvalue weighted by molar-refractivity contribution is 5.73. The molecule has 2 N–H and O–H groups in total. The molecule has 1 aromatic heterocycles. The molecule has 3 rings (SSSR count). The molecule has 0 amide bonds. The van der Waals surface area contributed by atoms with Crippen LogP contribution in [0.2, 0.25) is 0 Å². The minimum absolute atomic E-state index is 0.402. The number of halogens is 6. The number of hydrogen-bond acceptors (Lipinski definition) is 7. The van der Waals surface area contributed by atoms with Crippen molar-refractivity contribution in [1.82, 2.24) is 24.8 Å². The van der Waals surface area contributed by atoms with E-state index in [0.29, 0.717) is 5.92 Å². The number of ether oxygens (including phenoxy) is 1. The summed E-state index contributed by atoms with van der Waals surface area (Å²) in [5, 5.41) is 23.0. The summed E-state index contributed by atoms with van der Waals surface area (Å²) in [4.78, 5) is 22.5. The lowest BCUT2D eigenvalue weighted by Crippen LogP contribution is -2.38. The molecule has 1 aromatic rings. The van der Waals surface area contributed by atoms with Crippen molar-refractivity contribution in [2.24, 2.45) is 5.92 Å². The number of hydrogen-bond donors (Lipinski definition) is 2. The predicted molar refractivity (Wildman–Crippen MR) is 113 cm³/mol. The number of carbonyl (C=O) groups is 2. The van der Waals surface area contributed by atoms with Crippen molar-refractivity contribution in [3.63, 3.8) is 0 Å². The highest BCUT2D eigenvalue weighted by Gasteiger charge is 2.39. The van der Waals surface area contributed by atoms with Crippen LogP contribution in [-0.4, -0.2) is 106 Å². The van der Waals surface area contributed by atoms with Crippen LogP contribution in [0.15, 0.2) is 0 Å². The molecule has 0 radical (unpaired) electrons.